The van der Waals surface area contributed by atoms with Crippen molar-refractivity contribution in [3.63, 3.8) is 0 Å². The van der Waals surface area contributed by atoms with Crippen LogP contribution in [0.2, 0.25) is 0 Å². The van der Waals surface area contributed by atoms with Crippen LogP contribution in [0.3, 0.4) is 0 Å². The number of hydrogen-bond donors (Lipinski definition) is 1. The number of benzene rings is 1. The highest BCUT2D eigenvalue weighted by molar-refractivity contribution is 5.98. The Balaban J connectivity index is 2.04. The van der Waals surface area contributed by atoms with Crippen LogP contribution in [0, 0.1) is 23.7 Å². The highest BCUT2D eigenvalue weighted by atomic mass is 16.5. The molecule has 3 rings (SSSR count). The molecule has 2 amide bonds. The lowest BCUT2D eigenvalue weighted by molar-refractivity contribution is -0.158. The van der Waals surface area contributed by atoms with Crippen molar-refractivity contribution < 1.29 is 23.9 Å². The third-order valence-electron chi connectivity index (χ3n) is 6.44. The quantitative estimate of drug-likeness (QED) is 0.484. The zero-order valence-electron chi connectivity index (χ0n) is 19.4. The molecule has 1 aliphatic carbocycles. The SMILES string of the molecule is C#CCNC(=O)C[C@@H]1C(=O)N(Cc2ccc(OC)cc2)/C2=C/CCCCC[C@@]21C(=O)OCC. The molecule has 1 fully saturated rings. The number of terminal acetylenes is 1. The minimum atomic E-state index is -1.17. The van der Waals surface area contributed by atoms with Crippen molar-refractivity contribution in [3.8, 4) is 18.1 Å². The molecule has 2 aliphatic rings. The fourth-order valence-electron chi connectivity index (χ4n) is 4.85. The molecule has 0 unspecified atom stereocenters. The monoisotopic (exact) mass is 452 g/mol. The summed E-state index contributed by atoms with van der Waals surface area (Å²) in [5.41, 5.74) is 0.395. The second-order valence-corrected chi connectivity index (χ2v) is 8.39. The first kappa shape index (κ1) is 24.4. The van der Waals surface area contributed by atoms with Gasteiger partial charge in [0.1, 0.15) is 11.2 Å². The highest BCUT2D eigenvalue weighted by Crippen LogP contribution is 2.53. The minimum absolute atomic E-state index is 0.0738. The Labute approximate surface area is 195 Å². The summed E-state index contributed by atoms with van der Waals surface area (Å²) in [6.45, 7) is 2.33. The molecule has 0 aromatic heterocycles. The Morgan fingerprint density at radius 2 is 2.00 bits per heavy atom. The van der Waals surface area contributed by atoms with Gasteiger partial charge in [0.25, 0.3) is 0 Å². The molecule has 1 saturated heterocycles. The van der Waals surface area contributed by atoms with Crippen molar-refractivity contribution in [2.75, 3.05) is 20.3 Å². The number of rotatable bonds is 8. The van der Waals surface area contributed by atoms with Gasteiger partial charge in [-0.2, -0.15) is 0 Å². The zero-order chi connectivity index (χ0) is 23.8. The first-order valence-corrected chi connectivity index (χ1v) is 11.5. The predicted molar refractivity (Wildman–Crippen MR) is 124 cm³/mol. The van der Waals surface area contributed by atoms with E-state index in [2.05, 4.69) is 11.2 Å². The summed E-state index contributed by atoms with van der Waals surface area (Å²) in [4.78, 5) is 41.6. The van der Waals surface area contributed by atoms with E-state index in [1.165, 1.54) is 0 Å². The summed E-state index contributed by atoms with van der Waals surface area (Å²) in [6.07, 6.45) is 11.1. The third-order valence-corrected chi connectivity index (χ3v) is 6.44. The number of ether oxygens (including phenoxy) is 2. The normalized spacial score (nSPS) is 23.9. The maximum Gasteiger partial charge on any atom is 0.318 e. The Morgan fingerprint density at radius 1 is 1.24 bits per heavy atom. The van der Waals surface area contributed by atoms with Crippen molar-refractivity contribution in [1.29, 1.82) is 0 Å². The van der Waals surface area contributed by atoms with Gasteiger partial charge in [-0.3, -0.25) is 14.4 Å². The van der Waals surface area contributed by atoms with Crippen molar-refractivity contribution in [3.05, 3.63) is 41.6 Å². The van der Waals surface area contributed by atoms with Crippen LogP contribution in [0.25, 0.3) is 0 Å². The van der Waals surface area contributed by atoms with Gasteiger partial charge in [0, 0.05) is 12.1 Å². The number of fused-ring (bicyclic) bond motifs is 1. The van der Waals surface area contributed by atoms with Gasteiger partial charge >= 0.3 is 5.97 Å². The highest BCUT2D eigenvalue weighted by Gasteiger charge is 2.61. The van der Waals surface area contributed by atoms with E-state index in [1.807, 2.05) is 30.3 Å². The fraction of sp³-hybridized carbons (Fsp3) is 0.500. The zero-order valence-corrected chi connectivity index (χ0v) is 19.4. The Morgan fingerprint density at radius 3 is 2.67 bits per heavy atom. The lowest BCUT2D eigenvalue weighted by atomic mass is 9.69. The van der Waals surface area contributed by atoms with Gasteiger partial charge in [0.05, 0.1) is 32.7 Å². The maximum atomic E-state index is 13.8. The van der Waals surface area contributed by atoms with E-state index in [4.69, 9.17) is 15.9 Å². The van der Waals surface area contributed by atoms with Crippen LogP contribution in [-0.2, 0) is 25.7 Å². The molecule has 1 aromatic rings. The minimum Gasteiger partial charge on any atom is -0.497 e. The molecule has 33 heavy (non-hydrogen) atoms. The van der Waals surface area contributed by atoms with E-state index in [1.54, 1.807) is 18.9 Å². The van der Waals surface area contributed by atoms with Crippen LogP contribution >= 0.6 is 0 Å². The van der Waals surface area contributed by atoms with E-state index in [0.29, 0.717) is 18.7 Å². The second kappa shape index (κ2) is 11.0. The Bertz CT molecular complexity index is 946. The molecule has 7 nitrogen and oxygen atoms in total. The summed E-state index contributed by atoms with van der Waals surface area (Å²) in [5, 5.41) is 2.64. The molecular formula is C26H32N2O5. The van der Waals surface area contributed by atoms with E-state index >= 15 is 0 Å². The molecule has 0 bridgehead atoms. The standard InChI is InChI=1S/C26H32N2O5/c1-4-16-27-23(29)17-21-24(30)28(18-19-11-13-20(32-3)14-12-19)22-10-8-6-7-9-15-26(21,22)25(31)33-5-2/h1,10-14,21H,5-9,15-18H2,2-3H3,(H,27,29)/b22-10+/t21-,26+/m1/s1. The van der Waals surface area contributed by atoms with E-state index in [0.717, 1.165) is 37.0 Å². The van der Waals surface area contributed by atoms with Crippen molar-refractivity contribution in [2.24, 2.45) is 11.3 Å². The van der Waals surface area contributed by atoms with E-state index in [9.17, 15) is 14.4 Å². The average molecular weight is 453 g/mol. The van der Waals surface area contributed by atoms with Crippen LogP contribution in [-0.4, -0.2) is 42.9 Å². The molecule has 176 valence electrons. The van der Waals surface area contributed by atoms with Crippen LogP contribution in [0.4, 0.5) is 0 Å². The maximum absolute atomic E-state index is 13.8. The van der Waals surface area contributed by atoms with Gasteiger partial charge in [0.2, 0.25) is 11.8 Å². The molecule has 1 aromatic carbocycles. The summed E-state index contributed by atoms with van der Waals surface area (Å²) in [5.74, 6) is 1.25. The Hall–Kier alpha value is -3.27. The molecule has 0 spiro atoms. The summed E-state index contributed by atoms with van der Waals surface area (Å²) < 4.78 is 10.7. The van der Waals surface area contributed by atoms with Crippen LogP contribution in [0.15, 0.2) is 36.0 Å². The van der Waals surface area contributed by atoms with Crippen LogP contribution in [0.1, 0.15) is 51.0 Å². The third kappa shape index (κ3) is 5.05. The number of esters is 1. The first-order chi connectivity index (χ1) is 16.0. The number of hydrogen-bond acceptors (Lipinski definition) is 5. The number of amides is 2. The average Bonchev–Trinajstić information content (AvgIpc) is 3.00. The lowest BCUT2D eigenvalue weighted by Gasteiger charge is -2.34. The predicted octanol–water partition coefficient (Wildman–Crippen LogP) is 3.19. The van der Waals surface area contributed by atoms with Gasteiger partial charge in [-0.25, -0.2) is 0 Å². The van der Waals surface area contributed by atoms with Gasteiger partial charge in [-0.15, -0.1) is 6.42 Å². The van der Waals surface area contributed by atoms with E-state index in [-0.39, 0.29) is 31.4 Å². The van der Waals surface area contributed by atoms with Gasteiger partial charge in [-0.1, -0.05) is 37.0 Å². The second-order valence-electron chi connectivity index (χ2n) is 8.39. The van der Waals surface area contributed by atoms with Gasteiger partial charge < -0.3 is 19.7 Å². The number of allylic oxidation sites excluding steroid dienone is 1. The molecule has 2 atom stereocenters. The summed E-state index contributed by atoms with van der Waals surface area (Å²) in [6, 6.07) is 7.47. The number of likely N-dealkylation sites (tertiary alicyclic amines) is 1. The summed E-state index contributed by atoms with van der Waals surface area (Å²) in [7, 11) is 1.60. The number of nitrogens with one attached hydrogen (secondary N) is 1. The van der Waals surface area contributed by atoms with Crippen molar-refractivity contribution in [2.45, 2.75) is 52.0 Å². The topological polar surface area (TPSA) is 84.9 Å². The van der Waals surface area contributed by atoms with E-state index < -0.39 is 17.3 Å². The number of nitrogens with zero attached hydrogens (tertiary/aromatic N) is 1. The van der Waals surface area contributed by atoms with Crippen molar-refractivity contribution in [1.82, 2.24) is 10.2 Å². The van der Waals surface area contributed by atoms with Crippen LogP contribution in [0.5, 0.6) is 5.75 Å². The van der Waals surface area contributed by atoms with Gasteiger partial charge in [0.15, 0.2) is 0 Å². The lowest BCUT2D eigenvalue weighted by Crippen LogP contribution is -2.42. The molecular weight excluding hydrogens is 420 g/mol. The van der Waals surface area contributed by atoms with Crippen LogP contribution < -0.4 is 10.1 Å². The Kier molecular flexibility index (Phi) is 8.16. The smallest absolute Gasteiger partial charge is 0.318 e. The largest absolute Gasteiger partial charge is 0.497 e. The fourth-order valence-corrected chi connectivity index (χ4v) is 4.85. The molecule has 7 heteroatoms. The number of carbonyl (C=O) groups excluding carboxylic acids is 3. The number of carbonyl (C=O) groups is 3. The molecule has 1 aliphatic heterocycles. The molecule has 0 radical (unpaired) electrons. The molecule has 0 saturated carbocycles. The van der Waals surface area contributed by atoms with Gasteiger partial charge in [-0.05, 0) is 43.9 Å². The summed E-state index contributed by atoms with van der Waals surface area (Å²) >= 11 is 0. The molecule has 1 heterocycles. The van der Waals surface area contributed by atoms with Crippen molar-refractivity contribution >= 4 is 17.8 Å². The molecule has 1 N–H and O–H groups in total. The first-order valence-electron chi connectivity index (χ1n) is 11.5. The number of methoxy groups -OCH3 is 1.